The predicted octanol–water partition coefficient (Wildman–Crippen LogP) is 6.12. The van der Waals surface area contributed by atoms with E-state index in [9.17, 15) is 30.2 Å². The van der Waals surface area contributed by atoms with Crippen LogP contribution in [-0.2, 0) is 19.0 Å². The molecular formula is C41H55N3O12. The summed E-state index contributed by atoms with van der Waals surface area (Å²) in [7, 11) is 1.48. The molecule has 2 aromatic rings. The number of aliphatic hydroxyl groups is 3. The lowest BCUT2D eigenvalue weighted by molar-refractivity contribution is -0.384. The maximum Gasteiger partial charge on any atom is 0.410 e. The number of aliphatic hydroxyl groups excluding tert-OH is 3. The maximum atomic E-state index is 14.0. The van der Waals surface area contributed by atoms with E-state index in [0.717, 1.165) is 36.8 Å². The first kappa shape index (κ1) is 42.6. The lowest BCUT2D eigenvalue weighted by atomic mass is 9.55. The molecule has 1 amide bonds. The molecule has 15 heteroatoms. The van der Waals surface area contributed by atoms with E-state index in [2.05, 4.69) is 17.8 Å². The number of nitro groups is 1. The Morgan fingerprint density at radius 1 is 1.07 bits per heavy atom. The highest BCUT2D eigenvalue weighted by Gasteiger charge is 2.65. The zero-order valence-corrected chi connectivity index (χ0v) is 32.3. The molecule has 1 heterocycles. The number of nitrogens with zero attached hydrogens (tertiary/aromatic N) is 3. The van der Waals surface area contributed by atoms with Crippen LogP contribution < -0.4 is 9.47 Å². The number of hydrogen-bond acceptors (Lipinski definition) is 13. The molecular weight excluding hydrogens is 726 g/mol. The minimum absolute atomic E-state index is 0.0209. The summed E-state index contributed by atoms with van der Waals surface area (Å²) in [5.41, 5.74) is 2.21. The first-order valence-electron chi connectivity index (χ1n) is 19.4. The van der Waals surface area contributed by atoms with Crippen LogP contribution in [0.3, 0.4) is 0 Å². The molecule has 0 bridgehead atoms. The third-order valence-electron chi connectivity index (χ3n) is 10.7. The summed E-state index contributed by atoms with van der Waals surface area (Å²) in [4.78, 5) is 32.1. The molecule has 0 radical (unpaired) electrons. The van der Waals surface area contributed by atoms with Gasteiger partial charge in [-0.2, -0.15) is 0 Å². The maximum absolute atomic E-state index is 14.0. The van der Waals surface area contributed by atoms with Crippen molar-refractivity contribution >= 4 is 17.5 Å². The van der Waals surface area contributed by atoms with Crippen molar-refractivity contribution in [1.29, 1.82) is 0 Å². The molecule has 2 aromatic carbocycles. The quantitative estimate of drug-likeness (QED) is 0.0538. The molecule has 306 valence electrons. The van der Waals surface area contributed by atoms with Gasteiger partial charge < -0.3 is 43.8 Å². The van der Waals surface area contributed by atoms with Crippen molar-refractivity contribution in [2.24, 2.45) is 22.9 Å². The van der Waals surface area contributed by atoms with Gasteiger partial charge in [0, 0.05) is 43.7 Å². The first-order chi connectivity index (χ1) is 27.3. The number of unbranched alkanes of at least 4 members (excludes halogenated alkanes) is 2. The van der Waals surface area contributed by atoms with Gasteiger partial charge in [-0.1, -0.05) is 36.2 Å². The Hall–Kier alpha value is -4.54. The van der Waals surface area contributed by atoms with Crippen molar-refractivity contribution in [3.05, 3.63) is 82.4 Å². The summed E-state index contributed by atoms with van der Waals surface area (Å²) < 4.78 is 31.6. The van der Waals surface area contributed by atoms with Crippen molar-refractivity contribution in [3.63, 3.8) is 0 Å². The number of rotatable bonds is 22. The minimum atomic E-state index is -1.50. The lowest BCUT2D eigenvalue weighted by Gasteiger charge is -2.59. The largest absolute Gasteiger partial charge is 0.459 e. The molecule has 0 spiro atoms. The molecule has 3 N–H and O–H groups in total. The molecule has 0 saturated heterocycles. The molecule has 1 aliphatic heterocycles. The second-order valence-electron chi connectivity index (χ2n) is 14.0. The minimum Gasteiger partial charge on any atom is -0.459 e. The fraction of sp³-hybridized carbons (Fsp3) is 0.561. The van der Waals surface area contributed by atoms with Crippen LogP contribution in [0.2, 0.25) is 0 Å². The van der Waals surface area contributed by atoms with Gasteiger partial charge in [-0.05, 0) is 74.3 Å². The Kier molecular flexibility index (Phi) is 15.7. The normalized spacial score (nSPS) is 24.3. The van der Waals surface area contributed by atoms with E-state index < -0.39 is 28.8 Å². The molecule has 6 atom stereocenters. The molecule has 0 aromatic heterocycles. The zero-order valence-electron chi connectivity index (χ0n) is 32.3. The van der Waals surface area contributed by atoms with E-state index in [1.807, 2.05) is 6.07 Å². The van der Waals surface area contributed by atoms with Crippen molar-refractivity contribution in [3.8, 4) is 17.2 Å². The highest BCUT2D eigenvalue weighted by molar-refractivity contribution is 6.02. The molecule has 2 aliphatic carbocycles. The van der Waals surface area contributed by atoms with Crippen LogP contribution >= 0.6 is 0 Å². The monoisotopic (exact) mass is 781 g/mol. The van der Waals surface area contributed by atoms with E-state index in [1.165, 1.54) is 19.2 Å². The first-order valence-corrected chi connectivity index (χ1v) is 19.4. The Morgan fingerprint density at radius 2 is 1.84 bits per heavy atom. The lowest BCUT2D eigenvalue weighted by Crippen LogP contribution is -2.70. The number of fused-ring (bicyclic) bond motifs is 2. The summed E-state index contributed by atoms with van der Waals surface area (Å²) >= 11 is 0. The SMILES string of the molecule is C=CCOC12Oc3ccc(Oc4cccc([N+](=O)[O-])c4)cc3C3C(CCCCO)C(CCCCO)C=C(C(=NOC)CC1N(CCOCCO)C(=O)OCC)C32. The Labute approximate surface area is 327 Å². The number of carbonyl (C=O) groups excluding carboxylic acids is 1. The predicted molar refractivity (Wildman–Crippen MR) is 207 cm³/mol. The molecule has 1 fully saturated rings. The molecule has 6 unspecified atom stereocenters. The summed E-state index contributed by atoms with van der Waals surface area (Å²) in [5, 5.41) is 45.1. The van der Waals surface area contributed by atoms with Crippen molar-refractivity contribution in [2.75, 3.05) is 59.9 Å². The van der Waals surface area contributed by atoms with Crippen molar-refractivity contribution in [2.45, 2.75) is 69.6 Å². The van der Waals surface area contributed by atoms with E-state index in [1.54, 1.807) is 42.2 Å². The van der Waals surface area contributed by atoms with Gasteiger partial charge in [0.2, 0.25) is 5.79 Å². The van der Waals surface area contributed by atoms with Crippen LogP contribution in [0.1, 0.15) is 63.4 Å². The van der Waals surface area contributed by atoms with Crippen LogP contribution in [-0.4, -0.2) is 109 Å². The standard InChI is InChI=1S/C41H55N3O12/c1-4-21-54-41-37(43(40(48)53-5-2)17-22-52-23-20-47)27-35(42-51-3)33-24-28(11-6-8-18-45)32(14-7-9-19-46)38(39(33)41)34-26-31(15-16-36(34)56-41)55-30-13-10-12-29(25-30)44(49)50/h4,10,12-13,15-16,24-26,28,32,37-39,45-47H,1,5-9,11,14,17-23,27H2,2-3H3. The highest BCUT2D eigenvalue weighted by Crippen LogP contribution is 2.62. The molecule has 3 aliphatic rings. The fourth-order valence-electron chi connectivity index (χ4n) is 8.53. The average molecular weight is 782 g/mol. The number of allylic oxidation sites excluding steroid dienone is 1. The topological polar surface area (TPSA) is 192 Å². The number of benzene rings is 2. The second kappa shape index (κ2) is 20.6. The van der Waals surface area contributed by atoms with Crippen molar-refractivity contribution < 1.29 is 53.6 Å². The van der Waals surface area contributed by atoms with Gasteiger partial charge >= 0.3 is 6.09 Å². The third kappa shape index (κ3) is 9.52. The van der Waals surface area contributed by atoms with Crippen LogP contribution in [0.25, 0.3) is 0 Å². The summed E-state index contributed by atoms with van der Waals surface area (Å²) in [6, 6.07) is 10.6. The molecule has 15 nitrogen and oxygen atoms in total. The van der Waals surface area contributed by atoms with Crippen molar-refractivity contribution in [1.82, 2.24) is 4.90 Å². The van der Waals surface area contributed by atoms with Crippen LogP contribution in [0.15, 0.2) is 71.9 Å². The summed E-state index contributed by atoms with van der Waals surface area (Å²) in [6.45, 7) is 6.10. The number of hydrogen-bond donors (Lipinski definition) is 3. The van der Waals surface area contributed by atoms with Gasteiger partial charge in [0.05, 0.1) is 55.7 Å². The van der Waals surface area contributed by atoms with Crippen LogP contribution in [0.5, 0.6) is 17.2 Å². The van der Waals surface area contributed by atoms with E-state index >= 15 is 0 Å². The second-order valence-corrected chi connectivity index (χ2v) is 14.0. The average Bonchev–Trinajstić information content (AvgIpc) is 3.19. The molecule has 56 heavy (non-hydrogen) atoms. The molecule has 5 rings (SSSR count). The summed E-state index contributed by atoms with van der Waals surface area (Å²) in [5.74, 6) is -1.11. The fourth-order valence-corrected chi connectivity index (χ4v) is 8.53. The van der Waals surface area contributed by atoms with Crippen LogP contribution in [0.4, 0.5) is 10.5 Å². The third-order valence-corrected chi connectivity index (χ3v) is 10.7. The van der Waals surface area contributed by atoms with Gasteiger partial charge in [-0.25, -0.2) is 4.79 Å². The number of nitro benzene ring substituents is 1. The van der Waals surface area contributed by atoms with E-state index in [4.69, 9.17) is 28.5 Å². The van der Waals surface area contributed by atoms with E-state index in [-0.39, 0.29) is 82.7 Å². The Morgan fingerprint density at radius 3 is 2.54 bits per heavy atom. The van der Waals surface area contributed by atoms with Gasteiger partial charge in [-0.15, -0.1) is 6.58 Å². The van der Waals surface area contributed by atoms with Gasteiger partial charge in [-0.3, -0.25) is 15.0 Å². The number of oxime groups is 1. The molecule has 1 saturated carbocycles. The van der Waals surface area contributed by atoms with Gasteiger partial charge in [0.1, 0.15) is 30.4 Å². The van der Waals surface area contributed by atoms with Crippen LogP contribution in [0, 0.1) is 27.9 Å². The number of amides is 1. The number of non-ortho nitro benzene ring substituents is 1. The zero-order chi connectivity index (χ0) is 40.1. The van der Waals surface area contributed by atoms with Gasteiger partial charge in [0.15, 0.2) is 0 Å². The smallest absolute Gasteiger partial charge is 0.410 e. The number of carbonyl (C=O) groups is 1. The van der Waals surface area contributed by atoms with E-state index in [0.29, 0.717) is 35.8 Å². The Balaban J connectivity index is 1.75. The Bertz CT molecular complexity index is 1700. The highest BCUT2D eigenvalue weighted by atomic mass is 16.7. The number of ether oxygens (including phenoxy) is 5. The van der Waals surface area contributed by atoms with Gasteiger partial charge in [0.25, 0.3) is 5.69 Å². The summed E-state index contributed by atoms with van der Waals surface area (Å²) in [6.07, 6.45) is 7.73.